The van der Waals surface area contributed by atoms with Gasteiger partial charge in [-0.2, -0.15) is 0 Å². The maximum absolute atomic E-state index is 13.3. The largest absolute Gasteiger partial charge is 0.506 e. The number of rotatable bonds is 2. The zero-order chi connectivity index (χ0) is 12.4. The third kappa shape index (κ3) is 4.36. The number of nitrogens with zero attached hydrogens (tertiary/aromatic N) is 1. The molecule has 2 rings (SSSR count). The Bertz CT molecular complexity index is 414. The standard InChI is InChI=1S/C12H16ClFN2O.2ClH/c1-8(16-4-2-15-3-5-16)10-6-9(14)7-11(13)12(10)17;;/h6-8,15,17H,2-5H2,1H3;2*1H/t8-;;/m1../s1. The van der Waals surface area contributed by atoms with Crippen LogP contribution in [-0.4, -0.2) is 36.2 Å². The SMILES string of the molecule is C[C@H](c1cc(F)cc(Cl)c1O)N1CCNCC1.Cl.Cl. The first kappa shape index (κ1) is 18.7. The van der Waals surface area contributed by atoms with Gasteiger partial charge in [0.15, 0.2) is 0 Å². The van der Waals surface area contributed by atoms with Crippen molar-refractivity contribution in [3.05, 3.63) is 28.5 Å². The molecule has 1 aromatic rings. The van der Waals surface area contributed by atoms with Crippen LogP contribution in [0.5, 0.6) is 5.75 Å². The van der Waals surface area contributed by atoms with Crippen LogP contribution in [0.4, 0.5) is 4.39 Å². The molecule has 0 radical (unpaired) electrons. The number of halogens is 4. The van der Waals surface area contributed by atoms with Crippen molar-refractivity contribution >= 4 is 36.4 Å². The summed E-state index contributed by atoms with van der Waals surface area (Å²) >= 11 is 5.78. The normalized spacial score (nSPS) is 17.2. The maximum atomic E-state index is 13.3. The van der Waals surface area contributed by atoms with Gasteiger partial charge in [0.25, 0.3) is 0 Å². The lowest BCUT2D eigenvalue weighted by Crippen LogP contribution is -2.44. The Morgan fingerprint density at radius 3 is 2.47 bits per heavy atom. The molecular formula is C12H18Cl3FN2O. The van der Waals surface area contributed by atoms with Crippen LogP contribution in [0.2, 0.25) is 5.02 Å². The molecule has 1 atom stereocenters. The van der Waals surface area contributed by atoms with Crippen molar-refractivity contribution in [1.29, 1.82) is 0 Å². The predicted octanol–water partition coefficient (Wildman–Crippen LogP) is 2.99. The molecule has 0 amide bonds. The lowest BCUT2D eigenvalue weighted by Gasteiger charge is -2.33. The highest BCUT2D eigenvalue weighted by Gasteiger charge is 2.22. The number of aromatic hydroxyl groups is 1. The van der Waals surface area contributed by atoms with E-state index in [1.807, 2.05) is 6.92 Å². The summed E-state index contributed by atoms with van der Waals surface area (Å²) in [4.78, 5) is 2.20. The van der Waals surface area contributed by atoms with Crippen LogP contribution < -0.4 is 5.32 Å². The van der Waals surface area contributed by atoms with E-state index >= 15 is 0 Å². The molecule has 0 saturated carbocycles. The van der Waals surface area contributed by atoms with Crippen molar-refractivity contribution in [1.82, 2.24) is 10.2 Å². The zero-order valence-corrected chi connectivity index (χ0v) is 12.9. The fraction of sp³-hybridized carbons (Fsp3) is 0.500. The molecule has 1 aromatic carbocycles. The summed E-state index contributed by atoms with van der Waals surface area (Å²) in [5, 5.41) is 13.2. The number of piperazine rings is 1. The Kier molecular flexibility index (Phi) is 8.01. The van der Waals surface area contributed by atoms with E-state index in [9.17, 15) is 9.50 Å². The van der Waals surface area contributed by atoms with Gasteiger partial charge < -0.3 is 10.4 Å². The smallest absolute Gasteiger partial charge is 0.139 e. The highest BCUT2D eigenvalue weighted by Crippen LogP contribution is 2.35. The second kappa shape index (κ2) is 8.12. The fourth-order valence-electron chi connectivity index (χ4n) is 2.17. The zero-order valence-electron chi connectivity index (χ0n) is 10.5. The van der Waals surface area contributed by atoms with Crippen LogP contribution in [-0.2, 0) is 0 Å². The summed E-state index contributed by atoms with van der Waals surface area (Å²) < 4.78 is 13.3. The third-order valence-electron chi connectivity index (χ3n) is 3.21. The molecule has 0 bridgehead atoms. The fourth-order valence-corrected chi connectivity index (χ4v) is 2.38. The van der Waals surface area contributed by atoms with E-state index in [0.29, 0.717) is 5.56 Å². The molecule has 0 unspecified atom stereocenters. The number of phenols is 1. The Hall–Kier alpha value is -0.260. The topological polar surface area (TPSA) is 35.5 Å². The van der Waals surface area contributed by atoms with Crippen LogP contribution >= 0.6 is 36.4 Å². The van der Waals surface area contributed by atoms with E-state index in [1.54, 1.807) is 0 Å². The Morgan fingerprint density at radius 1 is 1.32 bits per heavy atom. The van der Waals surface area contributed by atoms with Gasteiger partial charge in [-0.05, 0) is 19.1 Å². The van der Waals surface area contributed by atoms with Crippen molar-refractivity contribution in [2.24, 2.45) is 0 Å². The highest BCUT2D eigenvalue weighted by molar-refractivity contribution is 6.32. The van der Waals surface area contributed by atoms with Crippen molar-refractivity contribution < 1.29 is 9.50 Å². The summed E-state index contributed by atoms with van der Waals surface area (Å²) in [6, 6.07) is 2.45. The number of hydrogen-bond donors (Lipinski definition) is 2. The average Bonchev–Trinajstić information content (AvgIpc) is 2.34. The summed E-state index contributed by atoms with van der Waals surface area (Å²) in [6.07, 6.45) is 0. The van der Waals surface area contributed by atoms with Gasteiger partial charge in [-0.15, -0.1) is 24.8 Å². The summed E-state index contributed by atoms with van der Waals surface area (Å²) in [5.74, 6) is -0.427. The van der Waals surface area contributed by atoms with Gasteiger partial charge in [0.1, 0.15) is 11.6 Å². The second-order valence-corrected chi connectivity index (χ2v) is 4.69. The third-order valence-corrected chi connectivity index (χ3v) is 3.50. The van der Waals surface area contributed by atoms with Gasteiger partial charge in [0.05, 0.1) is 5.02 Å². The molecule has 7 heteroatoms. The van der Waals surface area contributed by atoms with Crippen LogP contribution in [0.15, 0.2) is 12.1 Å². The lowest BCUT2D eigenvalue weighted by molar-refractivity contribution is 0.182. The van der Waals surface area contributed by atoms with Crippen molar-refractivity contribution in [3.63, 3.8) is 0 Å². The number of benzene rings is 1. The number of phenolic OH excluding ortho intramolecular Hbond substituents is 1. The number of nitrogens with one attached hydrogen (secondary N) is 1. The van der Waals surface area contributed by atoms with Gasteiger partial charge in [-0.25, -0.2) is 4.39 Å². The van der Waals surface area contributed by atoms with Crippen LogP contribution in [0.3, 0.4) is 0 Å². The van der Waals surface area contributed by atoms with Crippen LogP contribution in [0, 0.1) is 5.82 Å². The summed E-state index contributed by atoms with van der Waals surface area (Å²) in [7, 11) is 0. The van der Waals surface area contributed by atoms with Crippen LogP contribution in [0.25, 0.3) is 0 Å². The molecule has 2 N–H and O–H groups in total. The van der Waals surface area contributed by atoms with Crippen molar-refractivity contribution in [3.8, 4) is 5.75 Å². The first-order valence-corrected chi connectivity index (χ1v) is 6.10. The molecule has 1 fully saturated rings. The van der Waals surface area contributed by atoms with Gasteiger partial charge in [0, 0.05) is 37.8 Å². The Balaban J connectivity index is 0.00000162. The predicted molar refractivity (Wildman–Crippen MR) is 80.4 cm³/mol. The first-order valence-electron chi connectivity index (χ1n) is 5.72. The van der Waals surface area contributed by atoms with E-state index < -0.39 is 5.82 Å². The second-order valence-electron chi connectivity index (χ2n) is 4.29. The molecule has 1 heterocycles. The van der Waals surface area contributed by atoms with E-state index in [1.165, 1.54) is 6.07 Å². The molecule has 0 aromatic heterocycles. The average molecular weight is 332 g/mol. The molecule has 19 heavy (non-hydrogen) atoms. The highest BCUT2D eigenvalue weighted by atomic mass is 35.5. The Morgan fingerprint density at radius 2 is 1.89 bits per heavy atom. The van der Waals surface area contributed by atoms with E-state index in [4.69, 9.17) is 11.6 Å². The minimum atomic E-state index is -0.412. The first-order chi connectivity index (χ1) is 8.09. The molecule has 0 spiro atoms. The monoisotopic (exact) mass is 330 g/mol. The molecule has 110 valence electrons. The van der Waals surface area contributed by atoms with Crippen molar-refractivity contribution in [2.45, 2.75) is 13.0 Å². The molecule has 1 saturated heterocycles. The van der Waals surface area contributed by atoms with Gasteiger partial charge >= 0.3 is 0 Å². The molecule has 1 aliphatic heterocycles. The minimum absolute atomic E-state index is 0. The number of hydrogen-bond acceptors (Lipinski definition) is 3. The maximum Gasteiger partial charge on any atom is 0.139 e. The van der Waals surface area contributed by atoms with Gasteiger partial charge in [-0.3, -0.25) is 4.90 Å². The van der Waals surface area contributed by atoms with E-state index in [2.05, 4.69) is 10.2 Å². The Labute approximate surface area is 129 Å². The van der Waals surface area contributed by atoms with E-state index in [0.717, 1.165) is 32.2 Å². The summed E-state index contributed by atoms with van der Waals surface area (Å²) in [6.45, 7) is 5.54. The van der Waals surface area contributed by atoms with Crippen molar-refractivity contribution in [2.75, 3.05) is 26.2 Å². The van der Waals surface area contributed by atoms with Crippen LogP contribution in [0.1, 0.15) is 18.5 Å². The molecule has 1 aliphatic rings. The molecular weight excluding hydrogens is 314 g/mol. The molecule has 0 aliphatic carbocycles. The molecule has 3 nitrogen and oxygen atoms in total. The van der Waals surface area contributed by atoms with E-state index in [-0.39, 0.29) is 41.6 Å². The van der Waals surface area contributed by atoms with Gasteiger partial charge in [-0.1, -0.05) is 11.6 Å². The minimum Gasteiger partial charge on any atom is -0.506 e. The summed E-state index contributed by atoms with van der Waals surface area (Å²) in [5.41, 5.74) is 0.553. The lowest BCUT2D eigenvalue weighted by atomic mass is 10.0. The van der Waals surface area contributed by atoms with Gasteiger partial charge in [0.2, 0.25) is 0 Å². The quantitative estimate of drug-likeness (QED) is 0.874.